The number of hydrogen-bond donors (Lipinski definition) is 1. The second-order valence-corrected chi connectivity index (χ2v) is 7.90. The predicted molar refractivity (Wildman–Crippen MR) is 116 cm³/mol. The fourth-order valence-electron chi connectivity index (χ4n) is 3.23. The summed E-state index contributed by atoms with van der Waals surface area (Å²) in [6.45, 7) is 3.78. The molecule has 3 aromatic heterocycles. The molecular formula is C22H21N5OS. The summed E-state index contributed by atoms with van der Waals surface area (Å²) < 4.78 is 1.71. The molecule has 0 atom stereocenters. The monoisotopic (exact) mass is 403 g/mol. The maximum absolute atomic E-state index is 12.9. The molecule has 4 aromatic rings. The van der Waals surface area contributed by atoms with Crippen LogP contribution in [0.25, 0.3) is 11.0 Å². The molecule has 7 heteroatoms. The molecular weight excluding hydrogens is 382 g/mol. The van der Waals surface area contributed by atoms with Gasteiger partial charge in [0, 0.05) is 41.5 Å². The fraction of sp³-hybridized carbons (Fsp3) is 0.182. The highest BCUT2D eigenvalue weighted by Crippen LogP contribution is 2.25. The molecule has 0 bridgehead atoms. The zero-order valence-corrected chi connectivity index (χ0v) is 17.3. The van der Waals surface area contributed by atoms with Crippen LogP contribution in [-0.4, -0.2) is 25.7 Å². The Balaban J connectivity index is 1.50. The van der Waals surface area contributed by atoms with Crippen molar-refractivity contribution in [3.05, 3.63) is 77.4 Å². The van der Waals surface area contributed by atoms with Gasteiger partial charge in [-0.05, 0) is 55.8 Å². The molecule has 0 spiro atoms. The van der Waals surface area contributed by atoms with Gasteiger partial charge in [0.15, 0.2) is 5.65 Å². The molecule has 0 aliphatic heterocycles. The predicted octanol–water partition coefficient (Wildman–Crippen LogP) is 4.52. The SMILES string of the molecule is Cc1cc(C(=O)Nc2ccc(SCc3cccnc3)cc2)c2c(C)nn(C)c2n1. The third kappa shape index (κ3) is 4.14. The second kappa shape index (κ2) is 8.05. The van der Waals surface area contributed by atoms with Crippen LogP contribution in [0.15, 0.2) is 59.8 Å². The highest BCUT2D eigenvalue weighted by atomic mass is 32.2. The third-order valence-electron chi connectivity index (χ3n) is 4.58. The van der Waals surface area contributed by atoms with E-state index in [-0.39, 0.29) is 5.91 Å². The number of rotatable bonds is 5. The molecule has 0 saturated carbocycles. The van der Waals surface area contributed by atoms with Crippen molar-refractivity contribution < 1.29 is 4.79 Å². The summed E-state index contributed by atoms with van der Waals surface area (Å²) >= 11 is 1.73. The van der Waals surface area contributed by atoms with Crippen molar-refractivity contribution in [3.8, 4) is 0 Å². The Hall–Kier alpha value is -3.19. The molecule has 0 unspecified atom stereocenters. The Bertz CT molecular complexity index is 1170. The summed E-state index contributed by atoms with van der Waals surface area (Å²) in [5.74, 6) is 0.695. The number of nitrogens with one attached hydrogen (secondary N) is 1. The number of aryl methyl sites for hydroxylation is 3. The van der Waals surface area contributed by atoms with Crippen molar-refractivity contribution in [3.63, 3.8) is 0 Å². The van der Waals surface area contributed by atoms with Crippen molar-refractivity contribution >= 4 is 34.4 Å². The van der Waals surface area contributed by atoms with Crippen molar-refractivity contribution in [2.75, 3.05) is 5.32 Å². The van der Waals surface area contributed by atoms with Crippen LogP contribution in [0.5, 0.6) is 0 Å². The number of carbonyl (C=O) groups is 1. The van der Waals surface area contributed by atoms with Crippen LogP contribution in [-0.2, 0) is 12.8 Å². The molecule has 0 aliphatic carbocycles. The lowest BCUT2D eigenvalue weighted by molar-refractivity contribution is 0.102. The van der Waals surface area contributed by atoms with E-state index in [1.807, 2.05) is 63.5 Å². The first-order chi connectivity index (χ1) is 14.0. The molecule has 29 heavy (non-hydrogen) atoms. The number of anilines is 1. The normalized spacial score (nSPS) is 11.0. The molecule has 146 valence electrons. The first-order valence-electron chi connectivity index (χ1n) is 9.25. The largest absolute Gasteiger partial charge is 0.322 e. The smallest absolute Gasteiger partial charge is 0.256 e. The molecule has 4 rings (SSSR count). The number of pyridine rings is 2. The third-order valence-corrected chi connectivity index (χ3v) is 5.67. The number of amides is 1. The minimum Gasteiger partial charge on any atom is -0.322 e. The van der Waals surface area contributed by atoms with E-state index in [4.69, 9.17) is 0 Å². The number of hydrogen-bond acceptors (Lipinski definition) is 5. The van der Waals surface area contributed by atoms with Crippen LogP contribution in [0.2, 0.25) is 0 Å². The van der Waals surface area contributed by atoms with Gasteiger partial charge >= 0.3 is 0 Å². The number of nitrogens with zero attached hydrogens (tertiary/aromatic N) is 4. The minimum absolute atomic E-state index is 0.160. The zero-order valence-electron chi connectivity index (χ0n) is 16.5. The summed E-state index contributed by atoms with van der Waals surface area (Å²) in [7, 11) is 1.84. The molecule has 0 aliphatic rings. The summed E-state index contributed by atoms with van der Waals surface area (Å²) in [5, 5.41) is 8.19. The number of benzene rings is 1. The molecule has 1 N–H and O–H groups in total. The lowest BCUT2D eigenvalue weighted by Gasteiger charge is -2.09. The highest BCUT2D eigenvalue weighted by molar-refractivity contribution is 7.98. The molecule has 6 nitrogen and oxygen atoms in total. The average Bonchev–Trinajstić information content (AvgIpc) is 3.01. The van der Waals surface area contributed by atoms with E-state index < -0.39 is 0 Å². The Labute approximate surface area is 173 Å². The van der Waals surface area contributed by atoms with Crippen LogP contribution in [0.1, 0.15) is 27.3 Å². The highest BCUT2D eigenvalue weighted by Gasteiger charge is 2.17. The van der Waals surface area contributed by atoms with Gasteiger partial charge in [0.1, 0.15) is 0 Å². The zero-order chi connectivity index (χ0) is 20.4. The fourth-order valence-corrected chi connectivity index (χ4v) is 4.06. The molecule has 1 aromatic carbocycles. The van der Waals surface area contributed by atoms with Gasteiger partial charge < -0.3 is 5.32 Å². The van der Waals surface area contributed by atoms with Crippen LogP contribution in [0, 0.1) is 13.8 Å². The Morgan fingerprint density at radius 3 is 2.69 bits per heavy atom. The Morgan fingerprint density at radius 1 is 1.17 bits per heavy atom. The van der Waals surface area contributed by atoms with Gasteiger partial charge in [-0.1, -0.05) is 6.07 Å². The quantitative estimate of drug-likeness (QED) is 0.496. The summed E-state index contributed by atoms with van der Waals surface area (Å²) in [4.78, 5) is 22.7. The van der Waals surface area contributed by atoms with Gasteiger partial charge in [0.05, 0.1) is 16.6 Å². The molecule has 0 fully saturated rings. The number of carbonyl (C=O) groups excluding carboxylic acids is 1. The number of aromatic nitrogens is 4. The lowest BCUT2D eigenvalue weighted by Crippen LogP contribution is -2.13. The molecule has 3 heterocycles. The standard InChI is InChI=1S/C22H21N5OS/c1-14-11-19(20-15(2)26-27(3)21(20)24-14)22(28)25-17-6-8-18(9-7-17)29-13-16-5-4-10-23-12-16/h4-12H,13H2,1-3H3,(H,25,28). The molecule has 1 amide bonds. The minimum atomic E-state index is -0.160. The van der Waals surface area contributed by atoms with Crippen molar-refractivity contribution in [2.24, 2.45) is 7.05 Å². The van der Waals surface area contributed by atoms with E-state index in [0.717, 1.165) is 38.8 Å². The first kappa shape index (κ1) is 19.1. The van der Waals surface area contributed by atoms with Crippen LogP contribution in [0.4, 0.5) is 5.69 Å². The maximum atomic E-state index is 12.9. The van der Waals surface area contributed by atoms with Crippen molar-refractivity contribution in [1.82, 2.24) is 19.7 Å². The number of thioether (sulfide) groups is 1. The number of fused-ring (bicyclic) bond motifs is 1. The van der Waals surface area contributed by atoms with Crippen LogP contribution in [0.3, 0.4) is 0 Å². The first-order valence-corrected chi connectivity index (χ1v) is 10.2. The van der Waals surface area contributed by atoms with Gasteiger partial charge in [0.25, 0.3) is 5.91 Å². The van der Waals surface area contributed by atoms with E-state index in [9.17, 15) is 4.79 Å². The van der Waals surface area contributed by atoms with Crippen molar-refractivity contribution in [2.45, 2.75) is 24.5 Å². The average molecular weight is 404 g/mol. The topological polar surface area (TPSA) is 72.7 Å². The van der Waals surface area contributed by atoms with Gasteiger partial charge in [0.2, 0.25) is 0 Å². The van der Waals surface area contributed by atoms with Crippen LogP contribution >= 0.6 is 11.8 Å². The van der Waals surface area contributed by atoms with Gasteiger partial charge in [-0.2, -0.15) is 5.10 Å². The van der Waals surface area contributed by atoms with Crippen LogP contribution < -0.4 is 5.32 Å². The van der Waals surface area contributed by atoms with Gasteiger partial charge in [-0.15, -0.1) is 11.8 Å². The van der Waals surface area contributed by atoms with E-state index in [1.54, 1.807) is 22.6 Å². The van der Waals surface area contributed by atoms with E-state index in [0.29, 0.717) is 5.56 Å². The Kier molecular flexibility index (Phi) is 5.31. The van der Waals surface area contributed by atoms with Gasteiger partial charge in [-0.25, -0.2) is 4.98 Å². The second-order valence-electron chi connectivity index (χ2n) is 6.85. The molecule has 0 saturated heterocycles. The van der Waals surface area contributed by atoms with Gasteiger partial charge in [-0.3, -0.25) is 14.5 Å². The van der Waals surface area contributed by atoms with E-state index in [2.05, 4.69) is 26.4 Å². The lowest BCUT2D eigenvalue weighted by atomic mass is 10.1. The maximum Gasteiger partial charge on any atom is 0.256 e. The summed E-state index contributed by atoms with van der Waals surface area (Å²) in [6.07, 6.45) is 3.65. The van der Waals surface area contributed by atoms with E-state index in [1.165, 1.54) is 5.56 Å². The van der Waals surface area contributed by atoms with Crippen molar-refractivity contribution in [1.29, 1.82) is 0 Å². The summed E-state index contributed by atoms with van der Waals surface area (Å²) in [5.41, 5.74) is 4.82. The van der Waals surface area contributed by atoms with E-state index >= 15 is 0 Å². The summed E-state index contributed by atoms with van der Waals surface area (Å²) in [6, 6.07) is 13.7. The Morgan fingerprint density at radius 2 is 1.97 bits per heavy atom. The molecule has 0 radical (unpaired) electrons.